The number of aliphatic hydroxyl groups is 1. The average molecular weight is 438 g/mol. The van der Waals surface area contributed by atoms with E-state index < -0.39 is 24.0 Å². The average Bonchev–Trinajstić information content (AvgIpc) is 3.11. The van der Waals surface area contributed by atoms with Crippen LogP contribution in [0.3, 0.4) is 0 Å². The van der Waals surface area contributed by atoms with Crippen molar-refractivity contribution in [2.75, 3.05) is 19.8 Å². The Balaban J connectivity index is 1.63. The molecule has 1 atom stereocenters. The molecule has 2 aromatic rings. The van der Waals surface area contributed by atoms with Crippen LogP contribution in [0.2, 0.25) is 0 Å². The van der Waals surface area contributed by atoms with E-state index in [4.69, 9.17) is 14.9 Å². The smallest absolute Gasteiger partial charge is 0.407 e. The van der Waals surface area contributed by atoms with Crippen molar-refractivity contribution < 1.29 is 29.3 Å². The second kappa shape index (κ2) is 11.1. The highest BCUT2D eigenvalue weighted by Crippen LogP contribution is 2.44. The predicted octanol–water partition coefficient (Wildman–Crippen LogP) is 2.42. The number of benzene rings is 2. The zero-order valence-electron chi connectivity index (χ0n) is 17.5. The highest BCUT2D eigenvalue weighted by molar-refractivity contribution is 5.86. The van der Waals surface area contributed by atoms with Crippen molar-refractivity contribution in [1.82, 2.24) is 10.6 Å². The first kappa shape index (κ1) is 23.0. The Kier molecular flexibility index (Phi) is 7.99. The first-order valence-electron chi connectivity index (χ1n) is 10.4. The topological polar surface area (TPSA) is 125 Å². The Hall–Kier alpha value is -3.65. The number of ether oxygens (including phenoxy) is 1. The number of nitrogens with one attached hydrogen (secondary N) is 2. The molecule has 0 bridgehead atoms. The van der Waals surface area contributed by atoms with Gasteiger partial charge in [0.05, 0.1) is 6.61 Å². The van der Waals surface area contributed by atoms with Gasteiger partial charge in [-0.3, -0.25) is 9.59 Å². The van der Waals surface area contributed by atoms with Crippen LogP contribution in [-0.4, -0.2) is 54.0 Å². The number of rotatable bonds is 10. The second-order valence-electron chi connectivity index (χ2n) is 7.35. The van der Waals surface area contributed by atoms with Gasteiger partial charge in [0, 0.05) is 18.9 Å². The molecule has 1 aliphatic rings. The van der Waals surface area contributed by atoms with Crippen LogP contribution in [0.5, 0.6) is 0 Å². The summed E-state index contributed by atoms with van der Waals surface area (Å²) in [6, 6.07) is 14.8. The molecule has 2 aromatic carbocycles. The van der Waals surface area contributed by atoms with E-state index in [1.807, 2.05) is 48.5 Å². The lowest BCUT2D eigenvalue weighted by Gasteiger charge is -2.19. The number of hydrogen-bond donors (Lipinski definition) is 4. The second-order valence-corrected chi connectivity index (χ2v) is 7.35. The van der Waals surface area contributed by atoms with Crippen LogP contribution < -0.4 is 10.6 Å². The predicted molar refractivity (Wildman–Crippen MR) is 118 cm³/mol. The van der Waals surface area contributed by atoms with Gasteiger partial charge in [0.2, 0.25) is 5.91 Å². The molecule has 3 rings (SSSR count). The van der Waals surface area contributed by atoms with E-state index in [1.54, 1.807) is 6.08 Å². The Bertz CT molecular complexity index is 958. The fourth-order valence-corrected chi connectivity index (χ4v) is 3.76. The molecule has 1 unspecified atom stereocenters. The summed E-state index contributed by atoms with van der Waals surface area (Å²) >= 11 is 0. The minimum absolute atomic E-state index is 0.0743. The molecule has 4 N–H and O–H groups in total. The fourth-order valence-electron chi connectivity index (χ4n) is 3.76. The van der Waals surface area contributed by atoms with Crippen LogP contribution in [0.1, 0.15) is 29.9 Å². The highest BCUT2D eigenvalue weighted by Gasteiger charge is 2.29. The minimum Gasteiger partial charge on any atom is -0.481 e. The van der Waals surface area contributed by atoms with Gasteiger partial charge in [0.25, 0.3) is 0 Å². The van der Waals surface area contributed by atoms with Crippen LogP contribution in [0.4, 0.5) is 4.79 Å². The molecule has 0 fully saturated rings. The first-order valence-corrected chi connectivity index (χ1v) is 10.4. The van der Waals surface area contributed by atoms with E-state index in [1.165, 1.54) is 6.08 Å². The Morgan fingerprint density at radius 3 is 2.22 bits per heavy atom. The minimum atomic E-state index is -1.07. The summed E-state index contributed by atoms with van der Waals surface area (Å²) in [6.45, 7) is 0.0814. The standard InChI is InChI=1S/C24H26N2O6/c27-14-6-5-13-25-23(30)21(11-12-22(28)29)26-24(31)32-15-20-18-9-3-1-7-16(18)17-8-2-4-10-19(17)20/h1-10,20-21,27H,11-15H2,(H,25,30)(H,26,31)(H,28,29)/b6-5+. The van der Waals surface area contributed by atoms with E-state index >= 15 is 0 Å². The molecule has 0 radical (unpaired) electrons. The third-order valence-electron chi connectivity index (χ3n) is 5.27. The van der Waals surface area contributed by atoms with Crippen molar-refractivity contribution in [3.63, 3.8) is 0 Å². The van der Waals surface area contributed by atoms with Crippen LogP contribution in [0.15, 0.2) is 60.7 Å². The summed E-state index contributed by atoms with van der Waals surface area (Å²) in [6.07, 6.45) is 1.87. The third kappa shape index (κ3) is 5.73. The number of carbonyl (C=O) groups excluding carboxylic acids is 2. The maximum absolute atomic E-state index is 12.5. The van der Waals surface area contributed by atoms with E-state index in [2.05, 4.69) is 10.6 Å². The Morgan fingerprint density at radius 2 is 1.62 bits per heavy atom. The van der Waals surface area contributed by atoms with Crippen LogP contribution >= 0.6 is 0 Å². The SMILES string of the molecule is O=C(O)CCC(NC(=O)OCC1c2ccccc2-c2ccccc21)C(=O)NC/C=C/CO. The van der Waals surface area contributed by atoms with Crippen LogP contribution in [-0.2, 0) is 14.3 Å². The summed E-state index contributed by atoms with van der Waals surface area (Å²) in [5.74, 6) is -1.72. The number of aliphatic hydroxyl groups excluding tert-OH is 1. The van der Waals surface area contributed by atoms with Crippen molar-refractivity contribution in [2.45, 2.75) is 24.8 Å². The maximum Gasteiger partial charge on any atom is 0.407 e. The van der Waals surface area contributed by atoms with E-state index in [0.29, 0.717) is 0 Å². The maximum atomic E-state index is 12.5. The summed E-state index contributed by atoms with van der Waals surface area (Å²) in [5.41, 5.74) is 4.34. The largest absolute Gasteiger partial charge is 0.481 e. The normalized spacial score (nSPS) is 13.3. The number of alkyl carbamates (subject to hydrolysis) is 1. The van der Waals surface area contributed by atoms with Gasteiger partial charge in [-0.05, 0) is 28.7 Å². The number of amides is 2. The summed E-state index contributed by atoms with van der Waals surface area (Å²) < 4.78 is 5.45. The molecular formula is C24H26N2O6. The molecule has 168 valence electrons. The molecule has 2 amide bonds. The molecular weight excluding hydrogens is 412 g/mol. The highest BCUT2D eigenvalue weighted by atomic mass is 16.5. The van der Waals surface area contributed by atoms with Gasteiger partial charge in [-0.1, -0.05) is 60.7 Å². The molecule has 0 saturated carbocycles. The number of fused-ring (bicyclic) bond motifs is 3. The summed E-state index contributed by atoms with van der Waals surface area (Å²) in [5, 5.41) is 22.7. The number of hydrogen-bond acceptors (Lipinski definition) is 5. The van der Waals surface area contributed by atoms with Crippen molar-refractivity contribution in [3.05, 3.63) is 71.8 Å². The van der Waals surface area contributed by atoms with Crippen molar-refractivity contribution in [3.8, 4) is 11.1 Å². The van der Waals surface area contributed by atoms with Gasteiger partial charge in [-0.25, -0.2) is 4.79 Å². The quantitative estimate of drug-likeness (QED) is 0.422. The number of aliphatic carboxylic acids is 1. The van der Waals surface area contributed by atoms with Crippen molar-refractivity contribution in [1.29, 1.82) is 0 Å². The first-order chi connectivity index (χ1) is 15.5. The molecule has 8 nitrogen and oxygen atoms in total. The van der Waals surface area contributed by atoms with Gasteiger partial charge in [-0.2, -0.15) is 0 Å². The molecule has 0 spiro atoms. The summed E-state index contributed by atoms with van der Waals surface area (Å²) in [7, 11) is 0. The van der Waals surface area contributed by atoms with Crippen LogP contribution in [0, 0.1) is 0 Å². The van der Waals surface area contributed by atoms with Gasteiger partial charge >= 0.3 is 12.1 Å². The number of carboxylic acids is 1. The zero-order valence-corrected chi connectivity index (χ0v) is 17.5. The van der Waals surface area contributed by atoms with Gasteiger partial charge in [0.1, 0.15) is 12.6 Å². The molecule has 0 heterocycles. The fraction of sp³-hybridized carbons (Fsp3) is 0.292. The van der Waals surface area contributed by atoms with Gasteiger partial charge in [-0.15, -0.1) is 0 Å². The molecule has 0 aromatic heterocycles. The molecule has 0 aliphatic heterocycles. The lowest BCUT2D eigenvalue weighted by molar-refractivity contribution is -0.137. The molecule has 32 heavy (non-hydrogen) atoms. The Morgan fingerprint density at radius 1 is 1.00 bits per heavy atom. The number of carbonyl (C=O) groups is 3. The van der Waals surface area contributed by atoms with Gasteiger partial charge in [0.15, 0.2) is 0 Å². The summed E-state index contributed by atoms with van der Waals surface area (Å²) in [4.78, 5) is 35.8. The van der Waals surface area contributed by atoms with E-state index in [-0.39, 0.29) is 38.5 Å². The Labute approximate surface area is 185 Å². The van der Waals surface area contributed by atoms with Gasteiger partial charge < -0.3 is 25.6 Å². The van der Waals surface area contributed by atoms with Crippen molar-refractivity contribution in [2.24, 2.45) is 0 Å². The van der Waals surface area contributed by atoms with Crippen LogP contribution in [0.25, 0.3) is 11.1 Å². The monoisotopic (exact) mass is 438 g/mol. The molecule has 8 heteroatoms. The van der Waals surface area contributed by atoms with Crippen molar-refractivity contribution >= 4 is 18.0 Å². The van der Waals surface area contributed by atoms with E-state index in [9.17, 15) is 14.4 Å². The number of carboxylic acid groups (broad SMARTS) is 1. The lowest BCUT2D eigenvalue weighted by atomic mass is 9.98. The third-order valence-corrected chi connectivity index (χ3v) is 5.27. The lowest BCUT2D eigenvalue weighted by Crippen LogP contribution is -2.47. The molecule has 1 aliphatic carbocycles. The van der Waals surface area contributed by atoms with E-state index in [0.717, 1.165) is 22.3 Å². The molecule has 0 saturated heterocycles. The zero-order chi connectivity index (χ0) is 22.9.